The van der Waals surface area contributed by atoms with Gasteiger partial charge >= 0.3 is 0 Å². The summed E-state index contributed by atoms with van der Waals surface area (Å²) >= 11 is 0. The molecule has 0 bridgehead atoms. The lowest BCUT2D eigenvalue weighted by Crippen LogP contribution is -2.37. The number of rotatable bonds is 7. The van der Waals surface area contributed by atoms with E-state index in [0.717, 1.165) is 0 Å². The number of hydrogen-bond donors (Lipinski definition) is 1. The van der Waals surface area contributed by atoms with Crippen molar-refractivity contribution in [3.63, 3.8) is 0 Å². The molecule has 0 aliphatic carbocycles. The van der Waals surface area contributed by atoms with E-state index in [1.807, 2.05) is 0 Å². The molecule has 1 aliphatic rings. The van der Waals surface area contributed by atoms with Gasteiger partial charge in [-0.2, -0.15) is 0 Å². The highest BCUT2D eigenvalue weighted by molar-refractivity contribution is 4.81. The van der Waals surface area contributed by atoms with Gasteiger partial charge in [-0.25, -0.2) is 0 Å². The largest absolute Gasteiger partial charge is 0.374 e. The number of hydrogen-bond acceptors (Lipinski definition) is 2. The summed E-state index contributed by atoms with van der Waals surface area (Å²) in [6.45, 7) is 4.45. The molecule has 0 aromatic rings. The van der Waals surface area contributed by atoms with Crippen molar-refractivity contribution in [1.82, 2.24) is 5.32 Å². The standard InChI is InChI=1S/C13H27NO/c1-4-5-6-7-8-12(14-3)13-10-9-11(2)15-13/h11-14H,4-10H2,1-3H3. The average molecular weight is 213 g/mol. The molecular formula is C13H27NO. The minimum atomic E-state index is 0.464. The Balaban J connectivity index is 2.17. The van der Waals surface area contributed by atoms with E-state index in [4.69, 9.17) is 4.74 Å². The fourth-order valence-electron chi connectivity index (χ4n) is 2.44. The molecule has 90 valence electrons. The van der Waals surface area contributed by atoms with Crippen LogP contribution in [-0.4, -0.2) is 25.3 Å². The van der Waals surface area contributed by atoms with Gasteiger partial charge in [0.1, 0.15) is 0 Å². The van der Waals surface area contributed by atoms with E-state index in [1.165, 1.54) is 44.9 Å². The Kier molecular flexibility index (Phi) is 6.26. The molecule has 0 saturated carbocycles. The summed E-state index contributed by atoms with van der Waals surface area (Å²) in [5.74, 6) is 0. The van der Waals surface area contributed by atoms with Crippen molar-refractivity contribution < 1.29 is 4.74 Å². The molecule has 2 heteroatoms. The van der Waals surface area contributed by atoms with E-state index in [2.05, 4.69) is 26.2 Å². The first-order valence-corrected chi connectivity index (χ1v) is 6.60. The molecule has 0 amide bonds. The molecule has 1 rings (SSSR count). The second kappa shape index (κ2) is 7.24. The van der Waals surface area contributed by atoms with Crippen LogP contribution in [0.2, 0.25) is 0 Å². The normalized spacial score (nSPS) is 28.2. The van der Waals surface area contributed by atoms with E-state index in [9.17, 15) is 0 Å². The van der Waals surface area contributed by atoms with Crippen molar-refractivity contribution in [1.29, 1.82) is 0 Å². The lowest BCUT2D eigenvalue weighted by Gasteiger charge is -2.23. The summed E-state index contributed by atoms with van der Waals surface area (Å²) < 4.78 is 5.91. The maximum absolute atomic E-state index is 5.91. The van der Waals surface area contributed by atoms with Gasteiger partial charge in [0.2, 0.25) is 0 Å². The van der Waals surface area contributed by atoms with Crippen LogP contribution in [-0.2, 0) is 4.74 Å². The van der Waals surface area contributed by atoms with E-state index in [-0.39, 0.29) is 0 Å². The fraction of sp³-hybridized carbons (Fsp3) is 1.00. The van der Waals surface area contributed by atoms with E-state index < -0.39 is 0 Å². The Bertz CT molecular complexity index is 161. The van der Waals surface area contributed by atoms with Gasteiger partial charge in [-0.3, -0.25) is 0 Å². The van der Waals surface area contributed by atoms with Gasteiger partial charge in [-0.05, 0) is 33.2 Å². The Morgan fingerprint density at radius 2 is 2.07 bits per heavy atom. The minimum absolute atomic E-state index is 0.464. The molecule has 0 spiro atoms. The number of likely N-dealkylation sites (N-methyl/N-ethyl adjacent to an activating group) is 1. The third kappa shape index (κ3) is 4.52. The topological polar surface area (TPSA) is 21.3 Å². The molecule has 0 radical (unpaired) electrons. The van der Waals surface area contributed by atoms with Gasteiger partial charge in [0, 0.05) is 6.04 Å². The zero-order chi connectivity index (χ0) is 11.1. The Hall–Kier alpha value is -0.0800. The summed E-state index contributed by atoms with van der Waals surface area (Å²) in [6, 6.07) is 0.576. The van der Waals surface area contributed by atoms with Crippen LogP contribution >= 0.6 is 0 Å². The van der Waals surface area contributed by atoms with Gasteiger partial charge in [0.25, 0.3) is 0 Å². The van der Waals surface area contributed by atoms with Crippen LogP contribution in [0.3, 0.4) is 0 Å². The molecule has 3 unspecified atom stereocenters. The molecule has 0 aromatic carbocycles. The van der Waals surface area contributed by atoms with Gasteiger partial charge in [0.05, 0.1) is 12.2 Å². The zero-order valence-electron chi connectivity index (χ0n) is 10.6. The molecule has 3 atom stereocenters. The van der Waals surface area contributed by atoms with Gasteiger partial charge in [0.15, 0.2) is 0 Å². The van der Waals surface area contributed by atoms with E-state index in [1.54, 1.807) is 0 Å². The Morgan fingerprint density at radius 1 is 1.27 bits per heavy atom. The highest BCUT2D eigenvalue weighted by Gasteiger charge is 2.27. The SMILES string of the molecule is CCCCCCC(NC)C1CCC(C)O1. The molecule has 1 saturated heterocycles. The third-order valence-electron chi connectivity index (χ3n) is 3.45. The molecule has 0 aromatic heterocycles. The summed E-state index contributed by atoms with van der Waals surface area (Å²) in [7, 11) is 2.07. The van der Waals surface area contributed by atoms with Crippen LogP contribution in [0.4, 0.5) is 0 Å². The smallest absolute Gasteiger partial charge is 0.0732 e. The first kappa shape index (κ1) is 13.0. The van der Waals surface area contributed by atoms with Gasteiger partial charge < -0.3 is 10.1 Å². The average Bonchev–Trinajstić information content (AvgIpc) is 2.65. The molecular weight excluding hydrogens is 186 g/mol. The summed E-state index contributed by atoms with van der Waals surface area (Å²) in [5, 5.41) is 3.42. The van der Waals surface area contributed by atoms with E-state index in [0.29, 0.717) is 18.2 Å². The number of ether oxygens (including phenoxy) is 1. The quantitative estimate of drug-likeness (QED) is 0.656. The summed E-state index contributed by atoms with van der Waals surface area (Å²) in [5.41, 5.74) is 0. The molecule has 15 heavy (non-hydrogen) atoms. The van der Waals surface area contributed by atoms with Crippen LogP contribution in [0.1, 0.15) is 58.8 Å². The lowest BCUT2D eigenvalue weighted by molar-refractivity contribution is 0.0312. The van der Waals surface area contributed by atoms with Crippen molar-refractivity contribution in [2.75, 3.05) is 7.05 Å². The fourth-order valence-corrected chi connectivity index (χ4v) is 2.44. The van der Waals surface area contributed by atoms with Crippen LogP contribution in [0.5, 0.6) is 0 Å². The second-order valence-electron chi connectivity index (χ2n) is 4.81. The Morgan fingerprint density at radius 3 is 2.60 bits per heavy atom. The van der Waals surface area contributed by atoms with Crippen molar-refractivity contribution in [2.24, 2.45) is 0 Å². The van der Waals surface area contributed by atoms with Crippen molar-refractivity contribution in [3.05, 3.63) is 0 Å². The number of unbranched alkanes of at least 4 members (excludes halogenated alkanes) is 3. The highest BCUT2D eigenvalue weighted by Crippen LogP contribution is 2.24. The van der Waals surface area contributed by atoms with E-state index >= 15 is 0 Å². The van der Waals surface area contributed by atoms with Crippen LogP contribution in [0.15, 0.2) is 0 Å². The molecule has 1 aliphatic heterocycles. The van der Waals surface area contributed by atoms with Crippen LogP contribution in [0.25, 0.3) is 0 Å². The molecule has 2 nitrogen and oxygen atoms in total. The van der Waals surface area contributed by atoms with Crippen LogP contribution in [0, 0.1) is 0 Å². The van der Waals surface area contributed by atoms with Crippen molar-refractivity contribution >= 4 is 0 Å². The predicted octanol–water partition coefficient (Wildman–Crippen LogP) is 3.11. The summed E-state index contributed by atoms with van der Waals surface area (Å²) in [6.07, 6.45) is 10.1. The molecule has 1 fully saturated rings. The second-order valence-corrected chi connectivity index (χ2v) is 4.81. The first-order chi connectivity index (χ1) is 7.27. The molecule has 1 heterocycles. The monoisotopic (exact) mass is 213 g/mol. The Labute approximate surface area is 94.8 Å². The number of nitrogens with one attached hydrogen (secondary N) is 1. The summed E-state index contributed by atoms with van der Waals surface area (Å²) in [4.78, 5) is 0. The minimum Gasteiger partial charge on any atom is -0.374 e. The third-order valence-corrected chi connectivity index (χ3v) is 3.45. The maximum atomic E-state index is 5.91. The zero-order valence-corrected chi connectivity index (χ0v) is 10.6. The van der Waals surface area contributed by atoms with Gasteiger partial charge in [-0.1, -0.05) is 32.6 Å². The van der Waals surface area contributed by atoms with Crippen molar-refractivity contribution in [3.8, 4) is 0 Å². The highest BCUT2D eigenvalue weighted by atomic mass is 16.5. The van der Waals surface area contributed by atoms with Crippen LogP contribution < -0.4 is 5.32 Å². The predicted molar refractivity (Wildman–Crippen MR) is 65.2 cm³/mol. The van der Waals surface area contributed by atoms with Gasteiger partial charge in [-0.15, -0.1) is 0 Å². The molecule has 1 N–H and O–H groups in total. The maximum Gasteiger partial charge on any atom is 0.0732 e. The van der Waals surface area contributed by atoms with Crippen molar-refractivity contribution in [2.45, 2.75) is 77.0 Å². The first-order valence-electron chi connectivity index (χ1n) is 6.60. The lowest BCUT2D eigenvalue weighted by atomic mass is 10.0.